The van der Waals surface area contributed by atoms with Crippen LogP contribution in [0.25, 0.3) is 10.2 Å². The van der Waals surface area contributed by atoms with Crippen LogP contribution in [-0.4, -0.2) is 45.1 Å². The molecule has 0 fully saturated rings. The van der Waals surface area contributed by atoms with Gasteiger partial charge in [0, 0.05) is 36.6 Å². The number of anilines is 2. The van der Waals surface area contributed by atoms with Crippen molar-refractivity contribution in [3.8, 4) is 11.5 Å². The Labute approximate surface area is 242 Å². The molecule has 0 saturated heterocycles. The number of aromatic nitrogens is 2. The maximum atomic E-state index is 13.9. The van der Waals surface area contributed by atoms with Gasteiger partial charge in [0.1, 0.15) is 0 Å². The fraction of sp³-hybridized carbons (Fsp3) is 0.167. The molecule has 3 aromatic carbocycles. The first-order valence-electron chi connectivity index (χ1n) is 12.8. The van der Waals surface area contributed by atoms with Gasteiger partial charge < -0.3 is 9.47 Å². The Hall–Kier alpha value is -4.48. The molecule has 11 heteroatoms. The highest BCUT2D eigenvalue weighted by Gasteiger charge is 2.26. The van der Waals surface area contributed by atoms with E-state index < -0.39 is 10.0 Å². The number of sulfonamides is 1. The number of thiazole rings is 1. The zero-order valence-electron chi connectivity index (χ0n) is 22.7. The number of amides is 1. The predicted octanol–water partition coefficient (Wildman–Crippen LogP) is 5.77. The maximum Gasteiger partial charge on any atom is 0.264 e. The van der Waals surface area contributed by atoms with Crippen LogP contribution < -0.4 is 18.7 Å². The minimum absolute atomic E-state index is 0.0951. The average Bonchev–Trinajstić information content (AvgIpc) is 3.42. The van der Waals surface area contributed by atoms with E-state index in [9.17, 15) is 13.2 Å². The third-order valence-corrected chi connectivity index (χ3v) is 9.40. The summed E-state index contributed by atoms with van der Waals surface area (Å²) in [5.41, 5.74) is 2.37. The molecule has 5 aromatic rings. The van der Waals surface area contributed by atoms with Gasteiger partial charge in [-0.2, -0.15) is 0 Å². The van der Waals surface area contributed by atoms with Gasteiger partial charge in [-0.3, -0.25) is 19.0 Å². The van der Waals surface area contributed by atoms with E-state index in [1.54, 1.807) is 74.8 Å². The summed E-state index contributed by atoms with van der Waals surface area (Å²) >= 11 is 1.34. The van der Waals surface area contributed by atoms with Crippen LogP contribution in [-0.2, 0) is 16.6 Å². The summed E-state index contributed by atoms with van der Waals surface area (Å²) in [6, 6.07) is 22.2. The second-order valence-electron chi connectivity index (χ2n) is 8.95. The van der Waals surface area contributed by atoms with Crippen LogP contribution >= 0.6 is 11.3 Å². The highest BCUT2D eigenvalue weighted by Crippen LogP contribution is 2.38. The summed E-state index contributed by atoms with van der Waals surface area (Å²) in [6.07, 6.45) is 3.36. The van der Waals surface area contributed by atoms with Crippen molar-refractivity contribution < 1.29 is 22.7 Å². The Morgan fingerprint density at radius 1 is 0.927 bits per heavy atom. The van der Waals surface area contributed by atoms with Crippen LogP contribution in [0.2, 0.25) is 0 Å². The van der Waals surface area contributed by atoms with Crippen molar-refractivity contribution in [3.63, 3.8) is 0 Å². The summed E-state index contributed by atoms with van der Waals surface area (Å²) in [4.78, 5) is 24.5. The van der Waals surface area contributed by atoms with Crippen molar-refractivity contribution in [2.45, 2.75) is 18.4 Å². The zero-order chi connectivity index (χ0) is 29.0. The van der Waals surface area contributed by atoms with Gasteiger partial charge in [-0.15, -0.1) is 0 Å². The number of carbonyl (C=O) groups excluding carboxylic acids is 1. The summed E-state index contributed by atoms with van der Waals surface area (Å²) in [7, 11) is -0.715. The minimum atomic E-state index is -3.83. The SMILES string of the molecule is CCN(c1ccccc1)S(=O)(=O)c1ccc(C(=O)N(Cc2cccnc2)c2nc3cc(OC)c(OC)cc3s2)cc1. The van der Waals surface area contributed by atoms with Crippen LogP contribution in [0.5, 0.6) is 11.5 Å². The molecule has 0 aliphatic heterocycles. The number of para-hydroxylation sites is 1. The third-order valence-electron chi connectivity index (χ3n) is 6.44. The Kier molecular flexibility index (Phi) is 8.18. The van der Waals surface area contributed by atoms with Crippen molar-refractivity contribution in [3.05, 3.63) is 102 Å². The molecule has 0 saturated carbocycles. The Morgan fingerprint density at radius 3 is 2.27 bits per heavy atom. The summed E-state index contributed by atoms with van der Waals surface area (Å²) < 4.78 is 39.9. The number of fused-ring (bicyclic) bond motifs is 1. The second kappa shape index (κ2) is 11.9. The molecule has 0 atom stereocenters. The van der Waals surface area contributed by atoms with Crippen LogP contribution in [0.15, 0.2) is 96.2 Å². The number of carbonyl (C=O) groups is 1. The topological polar surface area (TPSA) is 102 Å². The van der Waals surface area contributed by atoms with E-state index in [0.29, 0.717) is 33.4 Å². The Balaban J connectivity index is 1.50. The number of hydrogen-bond donors (Lipinski definition) is 0. The van der Waals surface area contributed by atoms with Crippen LogP contribution in [0.1, 0.15) is 22.8 Å². The molecule has 1 amide bonds. The molecule has 2 heterocycles. The van der Waals surface area contributed by atoms with Crippen molar-refractivity contribution in [2.24, 2.45) is 0 Å². The van der Waals surface area contributed by atoms with Crippen LogP contribution in [0.3, 0.4) is 0 Å². The van der Waals surface area contributed by atoms with Gasteiger partial charge in [0.15, 0.2) is 16.6 Å². The van der Waals surface area contributed by atoms with Gasteiger partial charge in [0.25, 0.3) is 15.9 Å². The largest absolute Gasteiger partial charge is 0.493 e. The van der Waals surface area contributed by atoms with E-state index in [1.807, 2.05) is 18.2 Å². The summed E-state index contributed by atoms with van der Waals surface area (Å²) in [5, 5.41) is 0.474. The number of benzene rings is 3. The molecule has 0 aliphatic carbocycles. The highest BCUT2D eigenvalue weighted by molar-refractivity contribution is 7.92. The molecular formula is C30H28N4O5S2. The normalized spacial score (nSPS) is 11.3. The van der Waals surface area contributed by atoms with Crippen molar-refractivity contribution in [1.29, 1.82) is 0 Å². The lowest BCUT2D eigenvalue weighted by Gasteiger charge is -2.23. The smallest absolute Gasteiger partial charge is 0.264 e. The first-order valence-corrected chi connectivity index (χ1v) is 15.0. The minimum Gasteiger partial charge on any atom is -0.493 e. The number of nitrogens with zero attached hydrogens (tertiary/aromatic N) is 4. The lowest BCUT2D eigenvalue weighted by Crippen LogP contribution is -2.31. The zero-order valence-corrected chi connectivity index (χ0v) is 24.4. The third kappa shape index (κ3) is 5.72. The van der Waals surface area contributed by atoms with Gasteiger partial charge in [-0.05, 0) is 55.0 Å². The summed E-state index contributed by atoms with van der Waals surface area (Å²) in [6.45, 7) is 2.26. The highest BCUT2D eigenvalue weighted by atomic mass is 32.2. The van der Waals surface area contributed by atoms with Gasteiger partial charge in [-0.25, -0.2) is 13.4 Å². The van der Waals surface area contributed by atoms with Gasteiger partial charge in [-0.1, -0.05) is 35.6 Å². The number of methoxy groups -OCH3 is 2. The second-order valence-corrected chi connectivity index (χ2v) is 11.8. The molecule has 0 radical (unpaired) electrons. The first-order chi connectivity index (χ1) is 19.8. The van der Waals surface area contributed by atoms with E-state index in [-0.39, 0.29) is 23.9 Å². The van der Waals surface area contributed by atoms with E-state index in [4.69, 9.17) is 14.5 Å². The number of rotatable bonds is 10. The van der Waals surface area contributed by atoms with Gasteiger partial charge >= 0.3 is 0 Å². The van der Waals surface area contributed by atoms with Crippen molar-refractivity contribution in [2.75, 3.05) is 30.0 Å². The lowest BCUT2D eigenvalue weighted by molar-refractivity contribution is 0.0985. The number of hydrogen-bond acceptors (Lipinski definition) is 8. The first kappa shape index (κ1) is 28.1. The fourth-order valence-electron chi connectivity index (χ4n) is 4.40. The predicted molar refractivity (Wildman–Crippen MR) is 161 cm³/mol. The molecule has 2 aromatic heterocycles. The molecule has 5 rings (SSSR count). The molecule has 0 unspecified atom stereocenters. The Bertz CT molecular complexity index is 1720. The van der Waals surface area contributed by atoms with E-state index >= 15 is 0 Å². The number of ether oxygens (including phenoxy) is 2. The molecule has 0 N–H and O–H groups in total. The monoisotopic (exact) mass is 588 g/mol. The molecule has 0 spiro atoms. The standard InChI is InChI=1S/C30H28N4O5S2/c1-4-34(23-10-6-5-7-11-23)41(36,37)24-14-12-22(13-15-24)29(35)33(20-21-9-8-16-31-19-21)30-32-25-17-26(38-2)27(39-3)18-28(25)40-30/h5-19H,4,20H2,1-3H3. The summed E-state index contributed by atoms with van der Waals surface area (Å²) in [5.74, 6) is 0.773. The van der Waals surface area contributed by atoms with Crippen LogP contribution in [0.4, 0.5) is 10.8 Å². The fourth-order valence-corrected chi connectivity index (χ4v) is 6.84. The molecule has 9 nitrogen and oxygen atoms in total. The van der Waals surface area contributed by atoms with E-state index in [1.165, 1.54) is 39.9 Å². The lowest BCUT2D eigenvalue weighted by atomic mass is 10.2. The van der Waals surface area contributed by atoms with E-state index in [0.717, 1.165) is 10.3 Å². The Morgan fingerprint density at radius 2 is 1.63 bits per heavy atom. The number of pyridine rings is 1. The van der Waals surface area contributed by atoms with Gasteiger partial charge in [0.2, 0.25) is 0 Å². The average molecular weight is 589 g/mol. The molecule has 0 bridgehead atoms. The maximum absolute atomic E-state index is 13.9. The molecule has 0 aliphatic rings. The molecule has 41 heavy (non-hydrogen) atoms. The quantitative estimate of drug-likeness (QED) is 0.204. The van der Waals surface area contributed by atoms with Crippen molar-refractivity contribution >= 4 is 48.3 Å². The van der Waals surface area contributed by atoms with Gasteiger partial charge in [0.05, 0.1) is 41.6 Å². The van der Waals surface area contributed by atoms with E-state index in [2.05, 4.69) is 4.98 Å². The molecular weight excluding hydrogens is 560 g/mol. The van der Waals surface area contributed by atoms with Crippen LogP contribution in [0, 0.1) is 0 Å². The van der Waals surface area contributed by atoms with Crippen molar-refractivity contribution in [1.82, 2.24) is 9.97 Å². The molecule has 210 valence electrons.